The lowest BCUT2D eigenvalue weighted by Gasteiger charge is -2.23. The lowest BCUT2D eigenvalue weighted by atomic mass is 10.00. The van der Waals surface area contributed by atoms with Crippen molar-refractivity contribution in [2.75, 3.05) is 12.4 Å². The van der Waals surface area contributed by atoms with Crippen LogP contribution in [0.5, 0.6) is 0 Å². The summed E-state index contributed by atoms with van der Waals surface area (Å²) < 4.78 is 119. The van der Waals surface area contributed by atoms with E-state index in [0.29, 0.717) is 0 Å². The fourth-order valence-corrected chi connectivity index (χ4v) is 2.06. The zero-order valence-corrected chi connectivity index (χ0v) is 11.4. The molecule has 0 saturated heterocycles. The fourth-order valence-electron chi connectivity index (χ4n) is 1.47. The van der Waals surface area contributed by atoms with Gasteiger partial charge in [0.25, 0.3) is 10.1 Å². The van der Waals surface area contributed by atoms with Crippen LogP contribution in [0.15, 0.2) is 0 Å². The maximum atomic E-state index is 13.2. The zero-order valence-electron chi connectivity index (χ0n) is 10.6. The lowest BCUT2D eigenvalue weighted by Crippen LogP contribution is -2.44. The first-order valence-electron chi connectivity index (χ1n) is 5.86. The Morgan fingerprint density at radius 3 is 1.62 bits per heavy atom. The predicted molar refractivity (Wildman–Crippen MR) is 61.0 cm³/mol. The summed E-state index contributed by atoms with van der Waals surface area (Å²) in [4.78, 5) is 0. The van der Waals surface area contributed by atoms with E-state index in [0.717, 1.165) is 0 Å². The van der Waals surface area contributed by atoms with Crippen LogP contribution in [0, 0.1) is 0 Å². The molecule has 0 spiro atoms. The second-order valence-corrected chi connectivity index (χ2v) is 5.89. The molecule has 128 valence electrons. The molecular formula is C10H15F7O3S. The Kier molecular flexibility index (Phi) is 8.52. The summed E-state index contributed by atoms with van der Waals surface area (Å²) in [5, 5.41) is 0. The van der Waals surface area contributed by atoms with Gasteiger partial charge in [0, 0.05) is 0 Å². The largest absolute Gasteiger partial charge is 0.285 e. The quantitative estimate of drug-likeness (QED) is 0.488. The van der Waals surface area contributed by atoms with E-state index in [4.69, 9.17) is 4.55 Å². The minimum atomic E-state index is -4.99. The molecule has 6 atom stereocenters. The topological polar surface area (TPSA) is 54.4 Å². The average molecular weight is 348 g/mol. The third-order valence-corrected chi connectivity index (χ3v) is 3.33. The molecule has 0 fully saturated rings. The fraction of sp³-hybridized carbons (Fsp3) is 1.00. The first kappa shape index (κ1) is 20.4. The minimum absolute atomic E-state index is 0.460. The molecule has 0 bridgehead atoms. The second-order valence-electron chi connectivity index (χ2n) is 4.39. The van der Waals surface area contributed by atoms with Gasteiger partial charge >= 0.3 is 0 Å². The van der Waals surface area contributed by atoms with E-state index in [2.05, 4.69) is 0 Å². The van der Waals surface area contributed by atoms with Crippen LogP contribution in [0.25, 0.3) is 0 Å². The van der Waals surface area contributed by atoms with Crippen molar-refractivity contribution in [3.63, 3.8) is 0 Å². The Balaban J connectivity index is 4.63. The summed E-state index contributed by atoms with van der Waals surface area (Å²) in [5.41, 5.74) is 0. The van der Waals surface area contributed by atoms with Crippen LogP contribution in [0.4, 0.5) is 30.7 Å². The molecule has 0 rings (SSSR count). The number of halogens is 7. The van der Waals surface area contributed by atoms with Crippen molar-refractivity contribution in [3.05, 3.63) is 0 Å². The van der Waals surface area contributed by atoms with Crippen LogP contribution in [0.1, 0.15) is 12.8 Å². The number of hydrogen-bond donors (Lipinski definition) is 1. The van der Waals surface area contributed by atoms with Crippen molar-refractivity contribution < 1.29 is 43.7 Å². The monoisotopic (exact) mass is 348 g/mol. The van der Waals surface area contributed by atoms with Gasteiger partial charge in [0.05, 0.1) is 6.67 Å². The van der Waals surface area contributed by atoms with Gasteiger partial charge in [-0.1, -0.05) is 0 Å². The summed E-state index contributed by atoms with van der Waals surface area (Å²) >= 11 is 0. The molecule has 3 nitrogen and oxygen atoms in total. The molecule has 0 amide bonds. The van der Waals surface area contributed by atoms with Crippen LogP contribution in [0.3, 0.4) is 0 Å². The van der Waals surface area contributed by atoms with Crippen LogP contribution >= 0.6 is 0 Å². The standard InChI is InChI=1S/C10H15F7O3S/c11-3-1-2-5(12)7(14)9(16)10(17)8(15)6(13)4-21(18,19)20/h5-10H,1-4H2,(H,18,19,20). The van der Waals surface area contributed by atoms with Crippen molar-refractivity contribution in [2.45, 2.75) is 49.9 Å². The first-order valence-corrected chi connectivity index (χ1v) is 7.47. The number of rotatable bonds is 10. The molecule has 0 aromatic heterocycles. The van der Waals surface area contributed by atoms with Crippen molar-refractivity contribution in [1.82, 2.24) is 0 Å². The Bertz CT molecular complexity index is 394. The number of alkyl halides is 7. The van der Waals surface area contributed by atoms with Gasteiger partial charge < -0.3 is 0 Å². The molecule has 0 aliphatic rings. The van der Waals surface area contributed by atoms with Crippen LogP contribution in [-0.4, -0.2) is 62.4 Å². The molecule has 0 aromatic carbocycles. The van der Waals surface area contributed by atoms with Crippen molar-refractivity contribution >= 4 is 10.1 Å². The van der Waals surface area contributed by atoms with Gasteiger partial charge in [-0.15, -0.1) is 0 Å². The summed E-state index contributed by atoms with van der Waals surface area (Å²) in [6.45, 7) is -1.02. The van der Waals surface area contributed by atoms with Gasteiger partial charge in [-0.05, 0) is 12.8 Å². The normalized spacial score (nSPS) is 21.3. The van der Waals surface area contributed by atoms with Crippen molar-refractivity contribution in [1.29, 1.82) is 0 Å². The molecule has 0 aliphatic carbocycles. The molecule has 0 radical (unpaired) electrons. The molecule has 6 unspecified atom stereocenters. The smallest absolute Gasteiger partial charge is 0.267 e. The van der Waals surface area contributed by atoms with Gasteiger partial charge in [0.1, 0.15) is 11.9 Å². The van der Waals surface area contributed by atoms with Crippen LogP contribution < -0.4 is 0 Å². The van der Waals surface area contributed by atoms with Gasteiger partial charge in [-0.2, -0.15) is 8.42 Å². The summed E-state index contributed by atoms with van der Waals surface area (Å²) in [6, 6.07) is 0. The van der Waals surface area contributed by atoms with Gasteiger partial charge in [0.2, 0.25) is 0 Å². The molecule has 0 saturated carbocycles. The summed E-state index contributed by atoms with van der Waals surface area (Å²) in [5.74, 6) is -1.85. The minimum Gasteiger partial charge on any atom is -0.285 e. The maximum Gasteiger partial charge on any atom is 0.267 e. The Morgan fingerprint density at radius 2 is 1.24 bits per heavy atom. The van der Waals surface area contributed by atoms with E-state index in [-0.39, 0.29) is 0 Å². The first-order chi connectivity index (χ1) is 9.51. The Labute approximate surface area is 117 Å². The molecule has 0 heterocycles. The second kappa shape index (κ2) is 8.76. The van der Waals surface area contributed by atoms with Crippen molar-refractivity contribution in [3.8, 4) is 0 Å². The third-order valence-electron chi connectivity index (χ3n) is 2.59. The number of hydrogen-bond acceptors (Lipinski definition) is 2. The highest BCUT2D eigenvalue weighted by Crippen LogP contribution is 2.26. The molecular weight excluding hydrogens is 333 g/mol. The molecule has 0 aromatic rings. The van der Waals surface area contributed by atoms with Crippen LogP contribution in [0.2, 0.25) is 0 Å². The van der Waals surface area contributed by atoms with E-state index < -0.39 is 72.4 Å². The molecule has 0 aliphatic heterocycles. The van der Waals surface area contributed by atoms with E-state index in [1.165, 1.54) is 0 Å². The SMILES string of the molecule is O=S(=O)(O)CC(F)C(F)C(F)C(F)C(F)C(F)CCCF. The Hall–Kier alpha value is -0.580. The molecule has 11 heteroatoms. The molecule has 21 heavy (non-hydrogen) atoms. The Morgan fingerprint density at radius 1 is 0.810 bits per heavy atom. The van der Waals surface area contributed by atoms with E-state index in [9.17, 15) is 39.2 Å². The average Bonchev–Trinajstić information content (AvgIpc) is 2.39. The highest BCUT2D eigenvalue weighted by atomic mass is 32.2. The van der Waals surface area contributed by atoms with E-state index >= 15 is 0 Å². The highest BCUT2D eigenvalue weighted by Gasteiger charge is 2.44. The third kappa shape index (κ3) is 7.30. The van der Waals surface area contributed by atoms with Crippen molar-refractivity contribution in [2.24, 2.45) is 0 Å². The van der Waals surface area contributed by atoms with Crippen LogP contribution in [-0.2, 0) is 10.1 Å². The van der Waals surface area contributed by atoms with Gasteiger partial charge in [-0.3, -0.25) is 8.94 Å². The predicted octanol–water partition coefficient (Wildman–Crippen LogP) is 2.65. The lowest BCUT2D eigenvalue weighted by molar-refractivity contribution is -0.0184. The maximum absolute atomic E-state index is 13.2. The van der Waals surface area contributed by atoms with Gasteiger partial charge in [0.15, 0.2) is 30.9 Å². The summed E-state index contributed by atoms with van der Waals surface area (Å²) in [7, 11) is -4.99. The van der Waals surface area contributed by atoms with Gasteiger partial charge in [-0.25, -0.2) is 26.3 Å². The van der Waals surface area contributed by atoms with E-state index in [1.807, 2.05) is 0 Å². The van der Waals surface area contributed by atoms with E-state index in [1.54, 1.807) is 0 Å². The zero-order chi connectivity index (χ0) is 16.8. The summed E-state index contributed by atoms with van der Waals surface area (Å²) in [6.07, 6.45) is -20.4. The highest BCUT2D eigenvalue weighted by molar-refractivity contribution is 7.85. The molecule has 1 N–H and O–H groups in total.